The molecule has 0 unspecified atom stereocenters. The van der Waals surface area contributed by atoms with Crippen molar-refractivity contribution in [1.29, 1.82) is 0 Å². The Kier molecular flexibility index (Phi) is 6.45. The van der Waals surface area contributed by atoms with Gasteiger partial charge in [0.1, 0.15) is 22.2 Å². The van der Waals surface area contributed by atoms with E-state index in [4.69, 9.17) is 9.47 Å². The van der Waals surface area contributed by atoms with Gasteiger partial charge in [-0.2, -0.15) is 0 Å². The van der Waals surface area contributed by atoms with E-state index in [1.165, 1.54) is 44.6 Å². The van der Waals surface area contributed by atoms with Crippen molar-refractivity contribution in [1.82, 2.24) is 0 Å². The van der Waals surface area contributed by atoms with Crippen LogP contribution in [-0.2, 0) is 10.0 Å². The quantitative estimate of drug-likeness (QED) is 0.570. The molecule has 0 atom stereocenters. The fourth-order valence-corrected chi connectivity index (χ4v) is 4.03. The van der Waals surface area contributed by atoms with Crippen molar-refractivity contribution < 1.29 is 27.1 Å². The fraction of sp³-hybridized carbons (Fsp3) is 0.136. The second kappa shape index (κ2) is 9.05. The summed E-state index contributed by atoms with van der Waals surface area (Å²) in [7, 11) is -1.19. The fourth-order valence-electron chi connectivity index (χ4n) is 2.77. The first kappa shape index (κ1) is 22.1. The van der Waals surface area contributed by atoms with Gasteiger partial charge in [-0.25, -0.2) is 12.8 Å². The number of carbonyl (C=O) groups excluding carboxylic acids is 1. The SMILES string of the molecule is COc1ccc(NS(=O)(=O)c2cc(NC(=O)c3ccc(C)c(F)c3)ccc2OC)cc1. The van der Waals surface area contributed by atoms with E-state index in [-0.39, 0.29) is 21.9 Å². The zero-order valence-corrected chi connectivity index (χ0v) is 17.9. The van der Waals surface area contributed by atoms with Crippen molar-refractivity contribution in [3.8, 4) is 11.5 Å². The lowest BCUT2D eigenvalue weighted by molar-refractivity contribution is 0.102. The van der Waals surface area contributed by atoms with Crippen LogP contribution in [0.4, 0.5) is 15.8 Å². The number of sulfonamides is 1. The molecular weight excluding hydrogens is 423 g/mol. The number of hydrogen-bond donors (Lipinski definition) is 2. The molecule has 0 saturated heterocycles. The molecule has 0 aliphatic carbocycles. The molecule has 0 spiro atoms. The van der Waals surface area contributed by atoms with Crippen LogP contribution >= 0.6 is 0 Å². The summed E-state index contributed by atoms with van der Waals surface area (Å²) in [4.78, 5) is 12.3. The third-order valence-corrected chi connectivity index (χ3v) is 5.89. The topological polar surface area (TPSA) is 93.7 Å². The lowest BCUT2D eigenvalue weighted by Gasteiger charge is -2.14. The van der Waals surface area contributed by atoms with Gasteiger partial charge in [-0.3, -0.25) is 9.52 Å². The maximum Gasteiger partial charge on any atom is 0.265 e. The van der Waals surface area contributed by atoms with E-state index < -0.39 is 21.7 Å². The Morgan fingerprint density at radius 1 is 0.903 bits per heavy atom. The minimum absolute atomic E-state index is 0.0976. The Balaban J connectivity index is 1.88. The van der Waals surface area contributed by atoms with Crippen LogP contribution in [0.15, 0.2) is 65.6 Å². The summed E-state index contributed by atoms with van der Waals surface area (Å²) in [5.74, 6) is -0.400. The number of anilines is 2. The molecule has 0 bridgehead atoms. The summed E-state index contributed by atoms with van der Waals surface area (Å²) in [6.07, 6.45) is 0. The van der Waals surface area contributed by atoms with E-state index in [2.05, 4.69) is 10.0 Å². The Morgan fingerprint density at radius 2 is 1.58 bits per heavy atom. The summed E-state index contributed by atoms with van der Waals surface area (Å²) in [5.41, 5.74) is 1.06. The average molecular weight is 444 g/mol. The maximum atomic E-state index is 13.8. The molecular formula is C22H21FN2O5S. The zero-order chi connectivity index (χ0) is 22.6. The monoisotopic (exact) mass is 444 g/mol. The van der Waals surface area contributed by atoms with E-state index in [0.29, 0.717) is 17.0 Å². The minimum Gasteiger partial charge on any atom is -0.497 e. The van der Waals surface area contributed by atoms with Gasteiger partial charge in [0, 0.05) is 16.9 Å². The number of hydrogen-bond acceptors (Lipinski definition) is 5. The van der Waals surface area contributed by atoms with E-state index in [0.717, 1.165) is 6.07 Å². The standard InChI is InChI=1S/C22H21FN2O5S/c1-14-4-5-15(12-19(14)23)22(26)24-17-8-11-20(30-3)21(13-17)31(27,28)25-16-6-9-18(29-2)10-7-16/h4-13,25H,1-3H3,(H,24,26). The third-order valence-electron chi connectivity index (χ3n) is 4.49. The van der Waals surface area contributed by atoms with Crippen LogP contribution < -0.4 is 19.5 Å². The number of methoxy groups -OCH3 is 2. The molecule has 0 aliphatic rings. The van der Waals surface area contributed by atoms with Crippen LogP contribution in [0.25, 0.3) is 0 Å². The van der Waals surface area contributed by atoms with Gasteiger partial charge < -0.3 is 14.8 Å². The maximum absolute atomic E-state index is 13.8. The molecule has 1 amide bonds. The van der Waals surface area contributed by atoms with Crippen LogP contribution in [0.2, 0.25) is 0 Å². The first-order chi connectivity index (χ1) is 14.7. The molecule has 0 aromatic heterocycles. The highest BCUT2D eigenvalue weighted by molar-refractivity contribution is 7.92. The molecule has 3 aromatic carbocycles. The first-order valence-electron chi connectivity index (χ1n) is 9.16. The smallest absolute Gasteiger partial charge is 0.265 e. The lowest BCUT2D eigenvalue weighted by Crippen LogP contribution is -2.16. The van der Waals surface area contributed by atoms with Crippen LogP contribution in [-0.4, -0.2) is 28.5 Å². The lowest BCUT2D eigenvalue weighted by atomic mass is 10.1. The molecule has 0 heterocycles. The van der Waals surface area contributed by atoms with Crippen LogP contribution in [0.1, 0.15) is 15.9 Å². The van der Waals surface area contributed by atoms with E-state index >= 15 is 0 Å². The van der Waals surface area contributed by atoms with Gasteiger partial charge in [-0.1, -0.05) is 6.07 Å². The second-order valence-corrected chi connectivity index (χ2v) is 8.27. The van der Waals surface area contributed by atoms with Gasteiger partial charge >= 0.3 is 0 Å². The molecule has 0 saturated carbocycles. The molecule has 7 nitrogen and oxygen atoms in total. The van der Waals surface area contributed by atoms with Gasteiger partial charge in [0.05, 0.1) is 14.2 Å². The number of benzene rings is 3. The Morgan fingerprint density at radius 3 is 2.19 bits per heavy atom. The Bertz CT molecular complexity index is 1210. The van der Waals surface area contributed by atoms with Gasteiger partial charge in [0.2, 0.25) is 0 Å². The zero-order valence-electron chi connectivity index (χ0n) is 17.1. The van der Waals surface area contributed by atoms with Crippen LogP contribution in [0.3, 0.4) is 0 Å². The van der Waals surface area contributed by atoms with E-state index in [1.54, 1.807) is 31.2 Å². The van der Waals surface area contributed by atoms with Crippen molar-refractivity contribution in [2.75, 3.05) is 24.3 Å². The highest BCUT2D eigenvalue weighted by atomic mass is 32.2. The Labute approximate surface area is 179 Å². The van der Waals surface area contributed by atoms with Crippen LogP contribution in [0.5, 0.6) is 11.5 Å². The van der Waals surface area contributed by atoms with Crippen molar-refractivity contribution in [3.05, 3.63) is 77.6 Å². The normalized spacial score (nSPS) is 11.0. The van der Waals surface area contributed by atoms with Gasteiger partial charge in [-0.15, -0.1) is 0 Å². The van der Waals surface area contributed by atoms with Gasteiger partial charge in [-0.05, 0) is 67.1 Å². The molecule has 0 aliphatic heterocycles. The van der Waals surface area contributed by atoms with Gasteiger partial charge in [0.15, 0.2) is 0 Å². The number of amides is 1. The number of rotatable bonds is 7. The summed E-state index contributed by atoms with van der Waals surface area (Å²) in [6.45, 7) is 1.59. The minimum atomic E-state index is -4.04. The molecule has 31 heavy (non-hydrogen) atoms. The highest BCUT2D eigenvalue weighted by Gasteiger charge is 2.21. The summed E-state index contributed by atoms with van der Waals surface area (Å²) >= 11 is 0. The third kappa shape index (κ3) is 5.13. The van der Waals surface area contributed by atoms with E-state index in [1.807, 2.05) is 0 Å². The number of nitrogens with one attached hydrogen (secondary N) is 2. The molecule has 3 rings (SSSR count). The average Bonchev–Trinajstić information content (AvgIpc) is 2.76. The molecule has 0 radical (unpaired) electrons. The van der Waals surface area contributed by atoms with E-state index in [9.17, 15) is 17.6 Å². The molecule has 9 heteroatoms. The molecule has 3 aromatic rings. The van der Waals surface area contributed by atoms with Gasteiger partial charge in [0.25, 0.3) is 15.9 Å². The Hall–Kier alpha value is -3.59. The first-order valence-corrected chi connectivity index (χ1v) is 10.6. The molecule has 0 fully saturated rings. The number of aryl methyl sites for hydroxylation is 1. The summed E-state index contributed by atoms with van der Waals surface area (Å²) in [5, 5.41) is 2.58. The second-order valence-electron chi connectivity index (χ2n) is 6.62. The summed E-state index contributed by atoms with van der Waals surface area (Å²) < 4.78 is 52.3. The molecule has 162 valence electrons. The number of ether oxygens (including phenoxy) is 2. The van der Waals surface area contributed by atoms with Crippen molar-refractivity contribution in [3.63, 3.8) is 0 Å². The predicted octanol–water partition coefficient (Wildman–Crippen LogP) is 4.20. The van der Waals surface area contributed by atoms with Crippen LogP contribution in [0, 0.1) is 12.7 Å². The number of carbonyl (C=O) groups is 1. The number of halogens is 1. The molecule has 2 N–H and O–H groups in total. The summed E-state index contributed by atoms with van der Waals surface area (Å²) in [6, 6.07) is 14.6. The van der Waals surface area contributed by atoms with Crippen molar-refractivity contribution >= 4 is 27.3 Å². The largest absolute Gasteiger partial charge is 0.497 e. The predicted molar refractivity (Wildman–Crippen MR) is 116 cm³/mol. The van der Waals surface area contributed by atoms with Crippen molar-refractivity contribution in [2.24, 2.45) is 0 Å². The highest BCUT2D eigenvalue weighted by Crippen LogP contribution is 2.29. The van der Waals surface area contributed by atoms with Crippen molar-refractivity contribution in [2.45, 2.75) is 11.8 Å².